The fourth-order valence-electron chi connectivity index (χ4n) is 3.45. The SMILES string of the molecule is C[C@@H]1C2CCCCC2CC[C@@H]1C. The molecule has 0 radical (unpaired) electrons. The number of hydrogen-bond donors (Lipinski definition) is 0. The normalized spacial score (nSPS) is 48.5. The lowest BCUT2D eigenvalue weighted by Crippen LogP contribution is -2.33. The zero-order valence-corrected chi connectivity index (χ0v) is 8.55. The molecule has 0 saturated heterocycles. The molecule has 0 heterocycles. The van der Waals surface area contributed by atoms with Gasteiger partial charge in [-0.3, -0.25) is 0 Å². The van der Waals surface area contributed by atoms with E-state index in [1.54, 1.807) is 6.42 Å². The summed E-state index contributed by atoms with van der Waals surface area (Å²) in [5.41, 5.74) is 0. The van der Waals surface area contributed by atoms with Crippen LogP contribution in [0, 0.1) is 23.7 Å². The maximum absolute atomic E-state index is 2.49. The van der Waals surface area contributed by atoms with Crippen molar-refractivity contribution in [3.8, 4) is 0 Å². The Morgan fingerprint density at radius 2 is 1.58 bits per heavy atom. The van der Waals surface area contributed by atoms with Gasteiger partial charge < -0.3 is 0 Å². The molecule has 0 aliphatic heterocycles. The average Bonchev–Trinajstić information content (AvgIpc) is 2.12. The van der Waals surface area contributed by atoms with E-state index < -0.39 is 0 Å². The Balaban J connectivity index is 2.03. The summed E-state index contributed by atoms with van der Waals surface area (Å²) in [6.07, 6.45) is 9.15. The van der Waals surface area contributed by atoms with E-state index in [1.165, 1.54) is 32.1 Å². The molecule has 2 fully saturated rings. The largest absolute Gasteiger partial charge is 0.0622 e. The second kappa shape index (κ2) is 3.40. The Kier molecular flexibility index (Phi) is 2.43. The lowest BCUT2D eigenvalue weighted by molar-refractivity contribution is 0.0734. The first-order chi connectivity index (χ1) is 5.79. The summed E-state index contributed by atoms with van der Waals surface area (Å²) in [5.74, 6) is 4.24. The molecule has 0 bridgehead atoms. The molecule has 0 spiro atoms. The summed E-state index contributed by atoms with van der Waals surface area (Å²) in [7, 11) is 0. The Morgan fingerprint density at radius 1 is 0.833 bits per heavy atom. The highest BCUT2D eigenvalue weighted by atomic mass is 14.4. The minimum absolute atomic E-state index is 1.00. The molecule has 0 N–H and O–H groups in total. The van der Waals surface area contributed by atoms with Crippen LogP contribution in [0.3, 0.4) is 0 Å². The van der Waals surface area contributed by atoms with E-state index in [2.05, 4.69) is 13.8 Å². The summed E-state index contributed by atoms with van der Waals surface area (Å²) in [6, 6.07) is 0. The molecule has 70 valence electrons. The van der Waals surface area contributed by atoms with Crippen LogP contribution in [0.25, 0.3) is 0 Å². The molecule has 4 atom stereocenters. The van der Waals surface area contributed by atoms with Crippen LogP contribution in [0.1, 0.15) is 52.4 Å². The van der Waals surface area contributed by atoms with Crippen molar-refractivity contribution in [2.24, 2.45) is 23.7 Å². The summed E-state index contributed by atoms with van der Waals surface area (Å²) < 4.78 is 0. The van der Waals surface area contributed by atoms with Crippen LogP contribution in [-0.4, -0.2) is 0 Å². The number of hydrogen-bond acceptors (Lipinski definition) is 0. The molecular weight excluding hydrogens is 144 g/mol. The highest BCUT2D eigenvalue weighted by Gasteiger charge is 2.35. The predicted molar refractivity (Wildman–Crippen MR) is 53.0 cm³/mol. The first kappa shape index (κ1) is 8.59. The van der Waals surface area contributed by atoms with Crippen LogP contribution in [0.15, 0.2) is 0 Å². The predicted octanol–water partition coefficient (Wildman–Crippen LogP) is 3.86. The molecule has 0 aromatic carbocycles. The van der Waals surface area contributed by atoms with Gasteiger partial charge in [0.25, 0.3) is 0 Å². The average molecular weight is 166 g/mol. The quantitative estimate of drug-likeness (QED) is 0.512. The van der Waals surface area contributed by atoms with Gasteiger partial charge in [0.15, 0.2) is 0 Å². The Morgan fingerprint density at radius 3 is 2.42 bits per heavy atom. The standard InChI is InChI=1S/C12H22/c1-9-7-8-11-5-3-4-6-12(11)10(9)2/h9-12H,3-8H2,1-2H3/t9-,10-,11?,12?/m0/s1. The molecular formula is C12H22. The van der Waals surface area contributed by atoms with Crippen LogP contribution in [0.4, 0.5) is 0 Å². The van der Waals surface area contributed by atoms with Crippen molar-refractivity contribution in [1.29, 1.82) is 0 Å². The van der Waals surface area contributed by atoms with Crippen molar-refractivity contribution >= 4 is 0 Å². The third kappa shape index (κ3) is 1.41. The highest BCUT2D eigenvalue weighted by molar-refractivity contribution is 4.85. The molecule has 2 saturated carbocycles. The molecule has 2 aliphatic rings. The molecule has 0 amide bonds. The maximum atomic E-state index is 2.49. The summed E-state index contributed by atoms with van der Waals surface area (Å²) in [4.78, 5) is 0. The van der Waals surface area contributed by atoms with Gasteiger partial charge in [0, 0.05) is 0 Å². The molecule has 0 nitrogen and oxygen atoms in total. The van der Waals surface area contributed by atoms with Gasteiger partial charge in [0.2, 0.25) is 0 Å². The number of rotatable bonds is 0. The van der Waals surface area contributed by atoms with Crippen LogP contribution >= 0.6 is 0 Å². The zero-order valence-electron chi connectivity index (χ0n) is 8.55. The fourth-order valence-corrected chi connectivity index (χ4v) is 3.45. The Labute approximate surface area is 76.7 Å². The van der Waals surface area contributed by atoms with Gasteiger partial charge >= 0.3 is 0 Å². The molecule has 2 unspecified atom stereocenters. The van der Waals surface area contributed by atoms with Crippen molar-refractivity contribution in [1.82, 2.24) is 0 Å². The van der Waals surface area contributed by atoms with Gasteiger partial charge in [0.1, 0.15) is 0 Å². The van der Waals surface area contributed by atoms with Crippen molar-refractivity contribution in [3.63, 3.8) is 0 Å². The minimum Gasteiger partial charge on any atom is -0.0622 e. The minimum atomic E-state index is 1.00. The van der Waals surface area contributed by atoms with Gasteiger partial charge in [-0.2, -0.15) is 0 Å². The topological polar surface area (TPSA) is 0 Å². The van der Waals surface area contributed by atoms with E-state index in [-0.39, 0.29) is 0 Å². The molecule has 0 aromatic rings. The van der Waals surface area contributed by atoms with Crippen LogP contribution in [0.5, 0.6) is 0 Å². The van der Waals surface area contributed by atoms with Gasteiger partial charge in [0.05, 0.1) is 0 Å². The summed E-state index contributed by atoms with van der Waals surface area (Å²) in [6.45, 7) is 4.95. The van der Waals surface area contributed by atoms with Crippen molar-refractivity contribution in [2.75, 3.05) is 0 Å². The second-order valence-corrected chi connectivity index (χ2v) is 5.12. The van der Waals surface area contributed by atoms with E-state index in [0.717, 1.165) is 23.7 Å². The fraction of sp³-hybridized carbons (Fsp3) is 1.00. The van der Waals surface area contributed by atoms with Gasteiger partial charge in [-0.05, 0) is 36.5 Å². The number of fused-ring (bicyclic) bond motifs is 1. The molecule has 12 heavy (non-hydrogen) atoms. The first-order valence-corrected chi connectivity index (χ1v) is 5.79. The van der Waals surface area contributed by atoms with E-state index in [4.69, 9.17) is 0 Å². The van der Waals surface area contributed by atoms with E-state index in [1.807, 2.05) is 0 Å². The van der Waals surface area contributed by atoms with Crippen LogP contribution in [-0.2, 0) is 0 Å². The van der Waals surface area contributed by atoms with Crippen molar-refractivity contribution in [3.05, 3.63) is 0 Å². The molecule has 2 rings (SSSR count). The monoisotopic (exact) mass is 166 g/mol. The van der Waals surface area contributed by atoms with Gasteiger partial charge in [-0.25, -0.2) is 0 Å². The van der Waals surface area contributed by atoms with Gasteiger partial charge in [-0.15, -0.1) is 0 Å². The Bertz CT molecular complexity index is 148. The molecule has 2 aliphatic carbocycles. The zero-order chi connectivity index (χ0) is 8.55. The smallest absolute Gasteiger partial charge is 0.0358 e. The second-order valence-electron chi connectivity index (χ2n) is 5.12. The first-order valence-electron chi connectivity index (χ1n) is 5.79. The third-order valence-corrected chi connectivity index (χ3v) is 4.53. The summed E-state index contributed by atoms with van der Waals surface area (Å²) >= 11 is 0. The van der Waals surface area contributed by atoms with Crippen molar-refractivity contribution in [2.45, 2.75) is 52.4 Å². The van der Waals surface area contributed by atoms with E-state index in [9.17, 15) is 0 Å². The molecule has 0 heteroatoms. The molecule has 0 aromatic heterocycles. The van der Waals surface area contributed by atoms with Crippen molar-refractivity contribution < 1.29 is 0 Å². The van der Waals surface area contributed by atoms with Gasteiger partial charge in [-0.1, -0.05) is 39.5 Å². The van der Waals surface area contributed by atoms with Crippen LogP contribution < -0.4 is 0 Å². The lowest BCUT2D eigenvalue weighted by atomic mass is 9.63. The third-order valence-electron chi connectivity index (χ3n) is 4.53. The maximum Gasteiger partial charge on any atom is -0.0358 e. The van der Waals surface area contributed by atoms with Crippen LogP contribution in [0.2, 0.25) is 0 Å². The lowest BCUT2D eigenvalue weighted by Gasteiger charge is -2.43. The van der Waals surface area contributed by atoms with E-state index in [0.29, 0.717) is 0 Å². The van der Waals surface area contributed by atoms with E-state index >= 15 is 0 Å². The summed E-state index contributed by atoms with van der Waals surface area (Å²) in [5, 5.41) is 0. The highest BCUT2D eigenvalue weighted by Crippen LogP contribution is 2.45. The Hall–Kier alpha value is 0.